The first-order valence-corrected chi connectivity index (χ1v) is 8.46. The van der Waals surface area contributed by atoms with Crippen molar-refractivity contribution in [2.24, 2.45) is 11.8 Å². The molecular formula is C22H20. The number of hydrogen-bond donors (Lipinski definition) is 0. The van der Waals surface area contributed by atoms with Gasteiger partial charge in [-0.1, -0.05) is 72.8 Å². The molecule has 22 heavy (non-hydrogen) atoms. The Kier molecular flexibility index (Phi) is 2.67. The summed E-state index contributed by atoms with van der Waals surface area (Å²) >= 11 is 0. The normalized spacial score (nSPS) is 30.9. The van der Waals surface area contributed by atoms with E-state index in [1.54, 1.807) is 11.1 Å². The Morgan fingerprint density at radius 1 is 0.591 bits per heavy atom. The maximum Gasteiger partial charge on any atom is 0.00584 e. The average molecular weight is 284 g/mol. The summed E-state index contributed by atoms with van der Waals surface area (Å²) in [5.41, 5.74) is 5.96. The highest BCUT2D eigenvalue weighted by molar-refractivity contribution is 5.64. The molecule has 1 saturated carbocycles. The van der Waals surface area contributed by atoms with Gasteiger partial charge in [0.2, 0.25) is 0 Å². The van der Waals surface area contributed by atoms with E-state index >= 15 is 0 Å². The van der Waals surface area contributed by atoms with E-state index in [4.69, 9.17) is 0 Å². The van der Waals surface area contributed by atoms with E-state index in [-0.39, 0.29) is 0 Å². The molecule has 1 fully saturated rings. The van der Waals surface area contributed by atoms with Gasteiger partial charge in [-0.2, -0.15) is 0 Å². The maximum absolute atomic E-state index is 2.45. The summed E-state index contributed by atoms with van der Waals surface area (Å²) in [5.74, 6) is 2.88. The second kappa shape index (κ2) is 4.71. The van der Waals surface area contributed by atoms with Crippen molar-refractivity contribution in [1.29, 1.82) is 0 Å². The van der Waals surface area contributed by atoms with Crippen molar-refractivity contribution in [1.82, 2.24) is 0 Å². The Hall–Kier alpha value is -2.08. The quantitative estimate of drug-likeness (QED) is 0.670. The largest absolute Gasteiger partial charge is 0.0761 e. The lowest BCUT2D eigenvalue weighted by atomic mass is 9.60. The van der Waals surface area contributed by atoms with Gasteiger partial charge in [0.25, 0.3) is 0 Å². The van der Waals surface area contributed by atoms with E-state index in [0.717, 1.165) is 11.8 Å². The van der Waals surface area contributed by atoms with Crippen LogP contribution in [0.5, 0.6) is 0 Å². The lowest BCUT2D eigenvalue weighted by molar-refractivity contribution is 0.143. The van der Waals surface area contributed by atoms with Crippen molar-refractivity contribution in [3.05, 3.63) is 82.9 Å². The average Bonchev–Trinajstić information content (AvgIpc) is 3.12. The van der Waals surface area contributed by atoms with E-state index in [0.29, 0.717) is 11.8 Å². The van der Waals surface area contributed by atoms with Crippen LogP contribution in [-0.4, -0.2) is 0 Å². The molecule has 0 N–H and O–H groups in total. The maximum atomic E-state index is 2.45. The van der Waals surface area contributed by atoms with Gasteiger partial charge in [0.05, 0.1) is 0 Å². The second-order valence-electron chi connectivity index (χ2n) is 6.93. The summed E-state index contributed by atoms with van der Waals surface area (Å²) in [4.78, 5) is 0. The highest BCUT2D eigenvalue weighted by atomic mass is 14.5. The molecule has 4 atom stereocenters. The van der Waals surface area contributed by atoms with Gasteiger partial charge in [-0.3, -0.25) is 0 Å². The smallest absolute Gasteiger partial charge is 0.00584 e. The molecule has 3 aliphatic carbocycles. The molecule has 0 heterocycles. The van der Waals surface area contributed by atoms with Crippen LogP contribution in [0.25, 0.3) is 12.2 Å². The molecule has 4 unspecified atom stereocenters. The molecule has 0 aromatic heterocycles. The third kappa shape index (κ3) is 1.70. The van der Waals surface area contributed by atoms with Crippen LogP contribution >= 0.6 is 0 Å². The molecule has 0 amide bonds. The fourth-order valence-corrected chi connectivity index (χ4v) is 4.74. The van der Waals surface area contributed by atoms with Gasteiger partial charge in [-0.15, -0.1) is 0 Å². The zero-order valence-electron chi connectivity index (χ0n) is 12.7. The lowest BCUT2D eigenvalue weighted by Crippen LogP contribution is -2.34. The predicted octanol–water partition coefficient (Wildman–Crippen LogP) is 5.63. The fraction of sp³-hybridized carbons (Fsp3) is 0.273. The van der Waals surface area contributed by atoms with Crippen LogP contribution in [0.3, 0.4) is 0 Å². The van der Waals surface area contributed by atoms with Gasteiger partial charge in [-0.25, -0.2) is 0 Å². The van der Waals surface area contributed by atoms with Crippen LogP contribution in [-0.2, 0) is 0 Å². The number of hydrogen-bond acceptors (Lipinski definition) is 0. The Balaban J connectivity index is 1.45. The summed E-state index contributed by atoms with van der Waals surface area (Å²) in [6, 6.07) is 17.9. The number of fused-ring (bicyclic) bond motifs is 2. The van der Waals surface area contributed by atoms with E-state index in [1.807, 2.05) is 0 Å². The molecule has 108 valence electrons. The van der Waals surface area contributed by atoms with Crippen molar-refractivity contribution in [2.45, 2.75) is 24.7 Å². The minimum absolute atomic E-state index is 0.635. The number of allylic oxidation sites excluding steroid dienone is 2. The van der Waals surface area contributed by atoms with E-state index in [9.17, 15) is 0 Å². The molecular weight excluding hydrogens is 264 g/mol. The SMILES string of the molecule is C1=CC(C2CCC2C2C=Cc3ccccc32)c2ccccc21. The molecule has 0 bridgehead atoms. The van der Waals surface area contributed by atoms with Gasteiger partial charge >= 0.3 is 0 Å². The predicted molar refractivity (Wildman–Crippen MR) is 92.6 cm³/mol. The Morgan fingerprint density at radius 2 is 1.05 bits per heavy atom. The Bertz CT molecular complexity index is 713. The van der Waals surface area contributed by atoms with Crippen LogP contribution in [0.4, 0.5) is 0 Å². The molecule has 0 radical (unpaired) electrons. The van der Waals surface area contributed by atoms with Crippen LogP contribution in [0.2, 0.25) is 0 Å². The lowest BCUT2D eigenvalue weighted by Gasteiger charge is -2.44. The molecule has 0 saturated heterocycles. The summed E-state index contributed by atoms with van der Waals surface area (Å²) in [6.07, 6.45) is 12.3. The third-order valence-electron chi connectivity index (χ3n) is 5.98. The Morgan fingerprint density at radius 3 is 1.50 bits per heavy atom. The van der Waals surface area contributed by atoms with Gasteiger partial charge in [0.15, 0.2) is 0 Å². The van der Waals surface area contributed by atoms with Crippen molar-refractivity contribution in [3.8, 4) is 0 Å². The summed E-state index contributed by atoms with van der Waals surface area (Å²) in [6.45, 7) is 0. The zero-order chi connectivity index (χ0) is 14.5. The molecule has 5 rings (SSSR count). The highest BCUT2D eigenvalue weighted by Gasteiger charge is 2.43. The molecule has 2 aromatic carbocycles. The fourth-order valence-electron chi connectivity index (χ4n) is 4.74. The first kappa shape index (κ1) is 12.5. The van der Waals surface area contributed by atoms with Crippen molar-refractivity contribution < 1.29 is 0 Å². The van der Waals surface area contributed by atoms with Gasteiger partial charge in [0, 0.05) is 11.8 Å². The minimum Gasteiger partial charge on any atom is -0.0761 e. The van der Waals surface area contributed by atoms with Gasteiger partial charge in [0.1, 0.15) is 0 Å². The molecule has 0 heteroatoms. The van der Waals surface area contributed by atoms with Crippen LogP contribution in [0.15, 0.2) is 60.7 Å². The topological polar surface area (TPSA) is 0 Å². The van der Waals surface area contributed by atoms with E-state index in [2.05, 4.69) is 72.8 Å². The minimum atomic E-state index is 0.635. The zero-order valence-corrected chi connectivity index (χ0v) is 12.7. The van der Waals surface area contributed by atoms with Crippen LogP contribution in [0, 0.1) is 11.8 Å². The van der Waals surface area contributed by atoms with Crippen molar-refractivity contribution in [3.63, 3.8) is 0 Å². The van der Waals surface area contributed by atoms with Crippen molar-refractivity contribution in [2.75, 3.05) is 0 Å². The van der Waals surface area contributed by atoms with Crippen LogP contribution < -0.4 is 0 Å². The summed E-state index contributed by atoms with van der Waals surface area (Å²) < 4.78 is 0. The van der Waals surface area contributed by atoms with Crippen molar-refractivity contribution >= 4 is 12.2 Å². The summed E-state index contributed by atoms with van der Waals surface area (Å²) in [5, 5.41) is 0. The Labute approximate surface area is 132 Å². The molecule has 0 nitrogen and oxygen atoms in total. The molecule has 3 aliphatic rings. The third-order valence-corrected chi connectivity index (χ3v) is 5.98. The molecule has 0 aliphatic heterocycles. The monoisotopic (exact) mass is 284 g/mol. The second-order valence-corrected chi connectivity index (χ2v) is 6.93. The van der Waals surface area contributed by atoms with Gasteiger partial charge in [-0.05, 0) is 46.9 Å². The molecule has 2 aromatic rings. The first-order valence-electron chi connectivity index (χ1n) is 8.46. The van der Waals surface area contributed by atoms with Crippen LogP contribution in [0.1, 0.15) is 46.9 Å². The molecule has 0 spiro atoms. The highest BCUT2D eigenvalue weighted by Crippen LogP contribution is 2.55. The standard InChI is InChI=1S/C22H20/c1-3-7-17-15(5-1)9-11-19(17)21-13-14-22(21)20-12-10-16-6-2-4-8-18(16)20/h1-12,19-22H,13-14H2. The summed E-state index contributed by atoms with van der Waals surface area (Å²) in [7, 11) is 0. The number of benzene rings is 2. The number of rotatable bonds is 2. The van der Waals surface area contributed by atoms with Gasteiger partial charge < -0.3 is 0 Å². The first-order chi connectivity index (χ1) is 10.9. The van der Waals surface area contributed by atoms with E-state index < -0.39 is 0 Å². The van der Waals surface area contributed by atoms with E-state index in [1.165, 1.54) is 24.0 Å².